The van der Waals surface area contributed by atoms with Crippen molar-refractivity contribution in [2.75, 3.05) is 32.1 Å². The molecule has 12 nitrogen and oxygen atoms in total. The molecule has 0 spiro atoms. The molecule has 0 aromatic carbocycles. The van der Waals surface area contributed by atoms with Crippen LogP contribution in [-0.2, 0) is 15.1 Å². The number of hydrogen-bond donors (Lipinski definition) is 2. The van der Waals surface area contributed by atoms with Crippen molar-refractivity contribution in [3.63, 3.8) is 0 Å². The van der Waals surface area contributed by atoms with Crippen LogP contribution < -0.4 is 5.32 Å². The van der Waals surface area contributed by atoms with Crippen molar-refractivity contribution in [1.29, 1.82) is 0 Å². The number of likely N-dealkylation sites (tertiary alicyclic amines) is 1. The lowest BCUT2D eigenvalue weighted by molar-refractivity contribution is -0.144. The van der Waals surface area contributed by atoms with Crippen molar-refractivity contribution in [1.82, 2.24) is 34.8 Å². The summed E-state index contributed by atoms with van der Waals surface area (Å²) in [6, 6.07) is 9.13. The summed E-state index contributed by atoms with van der Waals surface area (Å²) in [5.41, 5.74) is 2.33. The van der Waals surface area contributed by atoms with Gasteiger partial charge in [-0.15, -0.1) is 0 Å². The van der Waals surface area contributed by atoms with E-state index in [1.165, 1.54) is 4.90 Å². The van der Waals surface area contributed by atoms with Gasteiger partial charge in [0.2, 0.25) is 11.5 Å². The largest absolute Gasteiger partial charge is 0.381 e. The van der Waals surface area contributed by atoms with Gasteiger partial charge in [-0.3, -0.25) is 9.48 Å². The number of likely N-dealkylation sites (N-methyl/N-ethyl adjacent to an activating group) is 1. The zero-order valence-corrected chi connectivity index (χ0v) is 21.2. The van der Waals surface area contributed by atoms with Crippen LogP contribution in [0.3, 0.4) is 0 Å². The fourth-order valence-corrected chi connectivity index (χ4v) is 4.92. The smallest absolute Gasteiger partial charge is 0.262 e. The highest BCUT2D eigenvalue weighted by Crippen LogP contribution is 2.35. The maximum atomic E-state index is 12.4. The van der Waals surface area contributed by atoms with E-state index >= 15 is 0 Å². The van der Waals surface area contributed by atoms with Crippen molar-refractivity contribution in [3.05, 3.63) is 54.2 Å². The van der Waals surface area contributed by atoms with E-state index in [1.807, 2.05) is 23.7 Å². The van der Waals surface area contributed by atoms with Crippen molar-refractivity contribution < 1.29 is 19.2 Å². The van der Waals surface area contributed by atoms with Crippen LogP contribution in [0.5, 0.6) is 0 Å². The lowest BCUT2D eigenvalue weighted by Crippen LogP contribution is -2.35. The van der Waals surface area contributed by atoms with Crippen LogP contribution >= 0.6 is 0 Å². The average molecular weight is 517 g/mol. The van der Waals surface area contributed by atoms with Crippen molar-refractivity contribution >= 4 is 17.5 Å². The van der Waals surface area contributed by atoms with Gasteiger partial charge in [-0.2, -0.15) is 5.10 Å². The average Bonchev–Trinajstić information content (AvgIpc) is 3.66. The van der Waals surface area contributed by atoms with Gasteiger partial charge in [0.25, 0.3) is 5.91 Å². The van der Waals surface area contributed by atoms with Gasteiger partial charge in [-0.1, -0.05) is 11.2 Å². The number of aromatic nitrogens is 6. The molecule has 12 heteroatoms. The van der Waals surface area contributed by atoms with E-state index in [-0.39, 0.29) is 12.2 Å². The second-order valence-corrected chi connectivity index (χ2v) is 9.64. The van der Waals surface area contributed by atoms with Crippen LogP contribution in [0.15, 0.2) is 47.2 Å². The Kier molecular flexibility index (Phi) is 6.12. The maximum Gasteiger partial charge on any atom is 0.262 e. The number of aliphatic hydroxyl groups is 1. The van der Waals surface area contributed by atoms with Crippen molar-refractivity contribution in [3.8, 4) is 22.8 Å². The highest BCUT2D eigenvalue weighted by molar-refractivity contribution is 5.87. The van der Waals surface area contributed by atoms with Crippen molar-refractivity contribution in [2.24, 2.45) is 0 Å². The molecule has 0 saturated carbocycles. The van der Waals surface area contributed by atoms with E-state index in [1.54, 1.807) is 37.6 Å². The van der Waals surface area contributed by atoms with E-state index in [0.717, 1.165) is 37.4 Å². The number of nitrogens with zero attached hydrogens (tertiary/aromatic N) is 7. The normalized spacial score (nSPS) is 20.3. The first-order valence-electron chi connectivity index (χ1n) is 12.6. The number of pyridine rings is 1. The summed E-state index contributed by atoms with van der Waals surface area (Å²) in [6.45, 7) is 3.96. The fourth-order valence-electron chi connectivity index (χ4n) is 4.92. The van der Waals surface area contributed by atoms with E-state index in [9.17, 15) is 9.90 Å². The van der Waals surface area contributed by atoms with Gasteiger partial charge in [0, 0.05) is 45.5 Å². The molecule has 2 N–H and O–H groups in total. The summed E-state index contributed by atoms with van der Waals surface area (Å²) in [5.74, 6) is 0.134. The Bertz CT molecular complexity index is 1480. The van der Waals surface area contributed by atoms with Crippen LogP contribution in [0.2, 0.25) is 0 Å². The molecule has 2 aliphatic heterocycles. The van der Waals surface area contributed by atoms with Gasteiger partial charge in [0.15, 0.2) is 5.76 Å². The summed E-state index contributed by atoms with van der Waals surface area (Å²) >= 11 is 0. The summed E-state index contributed by atoms with van der Waals surface area (Å²) in [7, 11) is 1.65. The molecular formula is C26H28N8O4. The Morgan fingerprint density at radius 2 is 1.87 bits per heavy atom. The molecule has 0 aliphatic carbocycles. The number of ether oxygens (including phenoxy) is 1. The SMILES string of the molecule is Cc1c(Nc2nccc(-c3cccc(-c4cc(C5(O)CCN(C)C5=O)on4)n3)n2)cnn1C1CCOCC1. The lowest BCUT2D eigenvalue weighted by atomic mass is 9.98. The number of carbonyl (C=O) groups is 1. The number of amides is 1. The fraction of sp³-hybridized carbons (Fsp3) is 0.385. The second kappa shape index (κ2) is 9.62. The molecule has 0 bridgehead atoms. The first-order chi connectivity index (χ1) is 18.4. The zero-order valence-electron chi connectivity index (χ0n) is 21.2. The van der Waals surface area contributed by atoms with Crippen LogP contribution in [0, 0.1) is 6.92 Å². The predicted molar refractivity (Wildman–Crippen MR) is 136 cm³/mol. The molecule has 38 heavy (non-hydrogen) atoms. The quantitative estimate of drug-likeness (QED) is 0.392. The molecule has 2 fully saturated rings. The van der Waals surface area contributed by atoms with Crippen molar-refractivity contribution in [2.45, 2.75) is 37.8 Å². The first-order valence-corrected chi connectivity index (χ1v) is 12.6. The molecule has 196 valence electrons. The Balaban J connectivity index is 1.22. The molecule has 1 unspecified atom stereocenters. The lowest BCUT2D eigenvalue weighted by Gasteiger charge is -2.23. The molecule has 4 aromatic rings. The number of hydrogen-bond acceptors (Lipinski definition) is 10. The Morgan fingerprint density at radius 1 is 1.11 bits per heavy atom. The van der Waals surface area contributed by atoms with Gasteiger partial charge in [-0.05, 0) is 38.0 Å². The van der Waals surface area contributed by atoms with Crippen LogP contribution in [0.25, 0.3) is 22.8 Å². The highest BCUT2D eigenvalue weighted by atomic mass is 16.5. The summed E-state index contributed by atoms with van der Waals surface area (Å²) in [4.78, 5) is 27.6. The second-order valence-electron chi connectivity index (χ2n) is 9.64. The van der Waals surface area contributed by atoms with E-state index in [0.29, 0.717) is 41.3 Å². The molecule has 0 radical (unpaired) electrons. The molecule has 4 aromatic heterocycles. The Labute approximate surface area is 218 Å². The molecule has 1 atom stereocenters. The van der Waals surface area contributed by atoms with E-state index in [4.69, 9.17) is 14.2 Å². The van der Waals surface area contributed by atoms with Gasteiger partial charge >= 0.3 is 0 Å². The van der Waals surface area contributed by atoms with Gasteiger partial charge in [-0.25, -0.2) is 15.0 Å². The number of anilines is 2. The van der Waals surface area contributed by atoms with Gasteiger partial charge in [0.1, 0.15) is 5.69 Å². The van der Waals surface area contributed by atoms with Gasteiger partial charge in [0.05, 0.1) is 40.7 Å². The van der Waals surface area contributed by atoms with Crippen LogP contribution in [0.1, 0.15) is 36.8 Å². The Morgan fingerprint density at radius 3 is 2.63 bits per heavy atom. The standard InChI is InChI=1S/C26H28N8O4/c1-16-22(15-28-34(16)17-7-12-37-13-8-17)31-25-27-10-6-20(30-25)18-4-3-5-19(29-18)21-14-23(38-32-21)26(36)9-11-33(2)24(26)35/h3-6,10,14-15,17,36H,7-9,11-13H2,1-2H3,(H,27,30,31). The van der Waals surface area contributed by atoms with Crippen LogP contribution in [-0.4, -0.2) is 72.6 Å². The van der Waals surface area contributed by atoms with E-state index in [2.05, 4.69) is 25.5 Å². The first kappa shape index (κ1) is 24.2. The molecule has 2 saturated heterocycles. The number of carbonyl (C=O) groups excluding carboxylic acids is 1. The van der Waals surface area contributed by atoms with Gasteiger partial charge < -0.3 is 24.6 Å². The minimum atomic E-state index is -1.71. The summed E-state index contributed by atoms with van der Waals surface area (Å²) in [5, 5.41) is 22.8. The molecule has 6 heterocycles. The maximum absolute atomic E-state index is 12.4. The summed E-state index contributed by atoms with van der Waals surface area (Å²) < 4.78 is 12.9. The zero-order chi connectivity index (χ0) is 26.3. The van der Waals surface area contributed by atoms with E-state index < -0.39 is 11.5 Å². The molecule has 2 aliphatic rings. The number of rotatable bonds is 6. The molecular weight excluding hydrogens is 488 g/mol. The Hall–Kier alpha value is -4.16. The third-order valence-electron chi connectivity index (χ3n) is 7.18. The third-order valence-corrected chi connectivity index (χ3v) is 7.18. The highest BCUT2D eigenvalue weighted by Gasteiger charge is 2.48. The minimum absolute atomic E-state index is 0.110. The minimum Gasteiger partial charge on any atom is -0.381 e. The number of nitrogens with one attached hydrogen (secondary N) is 1. The third kappa shape index (κ3) is 4.31. The predicted octanol–water partition coefficient (Wildman–Crippen LogP) is 2.84. The monoisotopic (exact) mass is 516 g/mol. The van der Waals surface area contributed by atoms with Crippen LogP contribution in [0.4, 0.5) is 11.6 Å². The topological polar surface area (TPSA) is 144 Å². The molecule has 1 amide bonds. The molecule has 6 rings (SSSR count). The summed E-state index contributed by atoms with van der Waals surface area (Å²) in [6.07, 6.45) is 5.59.